The second kappa shape index (κ2) is 6.29. The maximum Gasteiger partial charge on any atom is 0.237 e. The van der Waals surface area contributed by atoms with Crippen LogP contribution >= 0.6 is 0 Å². The van der Waals surface area contributed by atoms with Gasteiger partial charge in [0.2, 0.25) is 5.91 Å². The van der Waals surface area contributed by atoms with Crippen LogP contribution in [0, 0.1) is 13.8 Å². The number of anilines is 1. The van der Waals surface area contributed by atoms with Gasteiger partial charge >= 0.3 is 0 Å². The van der Waals surface area contributed by atoms with Crippen molar-refractivity contribution in [2.75, 3.05) is 31.1 Å². The third kappa shape index (κ3) is 3.27. The molecule has 1 saturated heterocycles. The number of hydrogen-bond acceptors (Lipinski definition) is 3. The van der Waals surface area contributed by atoms with E-state index >= 15 is 0 Å². The van der Waals surface area contributed by atoms with E-state index in [2.05, 4.69) is 47.2 Å². The number of benzene rings is 1. The van der Waals surface area contributed by atoms with Crippen molar-refractivity contribution in [3.63, 3.8) is 0 Å². The molecule has 120 valence electrons. The van der Waals surface area contributed by atoms with Gasteiger partial charge in [0.15, 0.2) is 0 Å². The number of nitrogens with zero attached hydrogens (tertiary/aromatic N) is 2. The molecule has 22 heavy (non-hydrogen) atoms. The molecule has 0 radical (unpaired) electrons. The number of carbonyl (C=O) groups excluding carboxylic acids is 1. The van der Waals surface area contributed by atoms with Gasteiger partial charge < -0.3 is 10.2 Å². The Hall–Kier alpha value is -1.55. The molecule has 1 unspecified atom stereocenters. The molecular weight excluding hydrogens is 274 g/mol. The first-order chi connectivity index (χ1) is 10.6. The van der Waals surface area contributed by atoms with Gasteiger partial charge in [-0.05, 0) is 50.8 Å². The summed E-state index contributed by atoms with van der Waals surface area (Å²) < 4.78 is 0. The first-order valence-corrected chi connectivity index (χ1v) is 8.42. The van der Waals surface area contributed by atoms with E-state index in [1.54, 1.807) is 0 Å². The zero-order valence-corrected chi connectivity index (χ0v) is 13.9. The molecule has 1 N–H and O–H groups in total. The minimum Gasteiger partial charge on any atom is -0.369 e. The van der Waals surface area contributed by atoms with E-state index in [-0.39, 0.29) is 11.9 Å². The first kappa shape index (κ1) is 15.3. The summed E-state index contributed by atoms with van der Waals surface area (Å²) in [5, 5.41) is 3.12. The van der Waals surface area contributed by atoms with Gasteiger partial charge in [-0.2, -0.15) is 0 Å². The summed E-state index contributed by atoms with van der Waals surface area (Å²) in [4.78, 5) is 16.9. The standard InChI is InChI=1S/C18H27N3O/c1-13-5-4-6-17(14(13)2)21-11-9-20(10-12-21)15(3)18(22)19-16-7-8-16/h4-6,15-16H,7-12H2,1-3H3,(H,19,22). The van der Waals surface area contributed by atoms with Crippen LogP contribution in [0.25, 0.3) is 0 Å². The number of rotatable bonds is 4. The van der Waals surface area contributed by atoms with Crippen molar-refractivity contribution in [3.8, 4) is 0 Å². The third-order valence-electron chi connectivity index (χ3n) is 5.08. The van der Waals surface area contributed by atoms with Crippen molar-refractivity contribution < 1.29 is 4.79 Å². The van der Waals surface area contributed by atoms with Gasteiger partial charge in [0.1, 0.15) is 0 Å². The van der Waals surface area contributed by atoms with Gasteiger partial charge in [-0.1, -0.05) is 12.1 Å². The van der Waals surface area contributed by atoms with E-state index in [4.69, 9.17) is 0 Å². The molecule has 0 bridgehead atoms. The van der Waals surface area contributed by atoms with Gasteiger partial charge in [0.25, 0.3) is 0 Å². The Bertz CT molecular complexity index is 545. The molecule has 1 heterocycles. The largest absolute Gasteiger partial charge is 0.369 e. The number of aryl methyl sites for hydroxylation is 1. The first-order valence-electron chi connectivity index (χ1n) is 8.42. The molecule has 3 rings (SSSR count). The lowest BCUT2D eigenvalue weighted by atomic mass is 10.1. The molecular formula is C18H27N3O. The van der Waals surface area contributed by atoms with Crippen LogP contribution in [-0.2, 0) is 4.79 Å². The van der Waals surface area contributed by atoms with Crippen LogP contribution in [0.2, 0.25) is 0 Å². The average molecular weight is 301 g/mol. The number of nitrogens with one attached hydrogen (secondary N) is 1. The molecule has 2 fully saturated rings. The lowest BCUT2D eigenvalue weighted by Gasteiger charge is -2.39. The van der Waals surface area contributed by atoms with Crippen molar-refractivity contribution >= 4 is 11.6 Å². The molecule has 4 heteroatoms. The van der Waals surface area contributed by atoms with Crippen LogP contribution in [-0.4, -0.2) is 49.1 Å². The molecule has 0 aromatic heterocycles. The highest BCUT2D eigenvalue weighted by Crippen LogP contribution is 2.24. The average Bonchev–Trinajstić information content (AvgIpc) is 3.33. The minimum absolute atomic E-state index is 0.0126. The fourth-order valence-electron chi connectivity index (χ4n) is 3.14. The summed E-state index contributed by atoms with van der Waals surface area (Å²) in [6, 6.07) is 6.95. The van der Waals surface area contributed by atoms with Crippen LogP contribution < -0.4 is 10.2 Å². The van der Waals surface area contributed by atoms with Crippen molar-refractivity contribution in [2.24, 2.45) is 0 Å². The summed E-state index contributed by atoms with van der Waals surface area (Å²) in [5.74, 6) is 0.197. The predicted octanol–water partition coefficient (Wildman–Crippen LogP) is 2.09. The van der Waals surface area contributed by atoms with E-state index in [9.17, 15) is 4.79 Å². The molecule has 1 saturated carbocycles. The molecule has 1 aromatic carbocycles. The summed E-state index contributed by atoms with van der Waals surface area (Å²) in [5.41, 5.74) is 4.06. The zero-order chi connectivity index (χ0) is 15.7. The number of carbonyl (C=O) groups is 1. The van der Waals surface area contributed by atoms with Crippen LogP contribution in [0.4, 0.5) is 5.69 Å². The fourth-order valence-corrected chi connectivity index (χ4v) is 3.14. The molecule has 0 spiro atoms. The van der Waals surface area contributed by atoms with E-state index in [0.717, 1.165) is 39.0 Å². The summed E-state index contributed by atoms with van der Waals surface area (Å²) in [6.45, 7) is 10.3. The molecule has 2 aliphatic rings. The zero-order valence-electron chi connectivity index (χ0n) is 13.9. The van der Waals surface area contributed by atoms with Crippen molar-refractivity contribution in [1.29, 1.82) is 0 Å². The van der Waals surface area contributed by atoms with E-state index in [1.807, 2.05) is 6.92 Å². The molecule has 1 aliphatic heterocycles. The summed E-state index contributed by atoms with van der Waals surface area (Å²) in [6.07, 6.45) is 2.30. The lowest BCUT2D eigenvalue weighted by Crippen LogP contribution is -2.54. The lowest BCUT2D eigenvalue weighted by molar-refractivity contribution is -0.126. The quantitative estimate of drug-likeness (QED) is 0.925. The van der Waals surface area contributed by atoms with E-state index in [0.29, 0.717) is 6.04 Å². The maximum absolute atomic E-state index is 12.2. The minimum atomic E-state index is -0.0126. The number of amides is 1. The molecule has 1 aliphatic carbocycles. The fraction of sp³-hybridized carbons (Fsp3) is 0.611. The van der Waals surface area contributed by atoms with Gasteiger partial charge in [0, 0.05) is 37.9 Å². The Labute approximate surface area is 133 Å². The Balaban J connectivity index is 1.57. The predicted molar refractivity (Wildman–Crippen MR) is 90.3 cm³/mol. The van der Waals surface area contributed by atoms with Gasteiger partial charge in [-0.25, -0.2) is 0 Å². The Morgan fingerprint density at radius 1 is 1.18 bits per heavy atom. The van der Waals surface area contributed by atoms with Crippen molar-refractivity contribution in [3.05, 3.63) is 29.3 Å². The number of hydrogen-bond donors (Lipinski definition) is 1. The Morgan fingerprint density at radius 3 is 2.50 bits per heavy atom. The molecule has 1 amide bonds. The van der Waals surface area contributed by atoms with Gasteiger partial charge in [0.05, 0.1) is 6.04 Å². The number of piperazine rings is 1. The topological polar surface area (TPSA) is 35.6 Å². The van der Waals surface area contributed by atoms with Crippen molar-refractivity contribution in [2.45, 2.75) is 45.7 Å². The van der Waals surface area contributed by atoms with E-state index in [1.165, 1.54) is 16.8 Å². The summed E-state index contributed by atoms with van der Waals surface area (Å²) >= 11 is 0. The SMILES string of the molecule is Cc1cccc(N2CCN(C(C)C(=O)NC3CC3)CC2)c1C. The molecule has 1 atom stereocenters. The second-order valence-electron chi connectivity index (χ2n) is 6.70. The normalized spacial score (nSPS) is 20.8. The van der Waals surface area contributed by atoms with Gasteiger partial charge in [-0.15, -0.1) is 0 Å². The molecule has 1 aromatic rings. The monoisotopic (exact) mass is 301 g/mol. The van der Waals surface area contributed by atoms with Crippen LogP contribution in [0.1, 0.15) is 30.9 Å². The highest BCUT2D eigenvalue weighted by molar-refractivity contribution is 5.81. The Morgan fingerprint density at radius 2 is 1.86 bits per heavy atom. The highest BCUT2D eigenvalue weighted by atomic mass is 16.2. The maximum atomic E-state index is 12.2. The third-order valence-corrected chi connectivity index (χ3v) is 5.08. The highest BCUT2D eigenvalue weighted by Gasteiger charge is 2.30. The molecule has 4 nitrogen and oxygen atoms in total. The summed E-state index contributed by atoms with van der Waals surface area (Å²) in [7, 11) is 0. The second-order valence-corrected chi connectivity index (χ2v) is 6.70. The van der Waals surface area contributed by atoms with Gasteiger partial charge in [-0.3, -0.25) is 9.69 Å². The van der Waals surface area contributed by atoms with Crippen LogP contribution in [0.15, 0.2) is 18.2 Å². The Kier molecular flexibility index (Phi) is 4.39. The van der Waals surface area contributed by atoms with E-state index < -0.39 is 0 Å². The van der Waals surface area contributed by atoms with Crippen LogP contribution in [0.3, 0.4) is 0 Å². The van der Waals surface area contributed by atoms with Crippen molar-refractivity contribution in [1.82, 2.24) is 10.2 Å². The smallest absolute Gasteiger partial charge is 0.237 e. The van der Waals surface area contributed by atoms with Crippen LogP contribution in [0.5, 0.6) is 0 Å².